The molecule has 3 heterocycles. The van der Waals surface area contributed by atoms with Crippen molar-refractivity contribution in [1.29, 1.82) is 0 Å². The summed E-state index contributed by atoms with van der Waals surface area (Å²) in [6.07, 6.45) is 2.85. The van der Waals surface area contributed by atoms with Crippen LogP contribution in [0.15, 0.2) is 41.2 Å². The first kappa shape index (κ1) is 14.2. The summed E-state index contributed by atoms with van der Waals surface area (Å²) in [6, 6.07) is 6.70. The molecule has 0 saturated heterocycles. The molecule has 0 saturated carbocycles. The lowest BCUT2D eigenvalue weighted by molar-refractivity contribution is -0.136. The topological polar surface area (TPSA) is 109 Å². The van der Waals surface area contributed by atoms with Gasteiger partial charge >= 0.3 is 5.97 Å². The molecule has 112 valence electrons. The molecule has 0 bridgehead atoms. The number of carbonyl (C=O) groups is 1. The number of aliphatic carboxylic acids is 1. The zero-order chi connectivity index (χ0) is 15.5. The number of pyridine rings is 1. The Morgan fingerprint density at radius 3 is 2.86 bits per heavy atom. The fraction of sp³-hybridized carbons (Fsp3) is 0.200. The maximum atomic E-state index is 10.7. The van der Waals surface area contributed by atoms with Gasteiger partial charge < -0.3 is 14.6 Å². The minimum atomic E-state index is -0.940. The molecule has 7 nitrogen and oxygen atoms in total. The van der Waals surface area contributed by atoms with E-state index in [4.69, 9.17) is 9.52 Å². The largest absolute Gasteiger partial charge is 0.481 e. The molecule has 22 heavy (non-hydrogen) atoms. The quantitative estimate of drug-likeness (QED) is 0.732. The van der Waals surface area contributed by atoms with Crippen LogP contribution >= 0.6 is 0 Å². The number of aliphatic hydroxyl groups is 1. The van der Waals surface area contributed by atoms with E-state index < -0.39 is 11.9 Å². The van der Waals surface area contributed by atoms with Crippen LogP contribution in [-0.4, -0.2) is 37.7 Å². The molecule has 0 aliphatic rings. The van der Waals surface area contributed by atoms with Crippen molar-refractivity contribution in [3.05, 3.63) is 53.9 Å². The van der Waals surface area contributed by atoms with Crippen molar-refractivity contribution >= 4 is 17.1 Å². The van der Waals surface area contributed by atoms with Crippen LogP contribution in [0.1, 0.15) is 23.1 Å². The van der Waals surface area contributed by atoms with Crippen LogP contribution in [0, 0.1) is 0 Å². The van der Waals surface area contributed by atoms with E-state index in [1.165, 1.54) is 6.33 Å². The standard InChI is InChI=1S/C15H13N3O4/c19-7-10(11-3-4-16-8-17-11)14-6-12-13(22-14)2-1-9(18-12)5-15(20)21/h1-4,6,8,10,19H,5,7H2,(H,20,21). The molecule has 0 amide bonds. The summed E-state index contributed by atoms with van der Waals surface area (Å²) in [6.45, 7) is -0.168. The summed E-state index contributed by atoms with van der Waals surface area (Å²) < 4.78 is 5.71. The van der Waals surface area contributed by atoms with Crippen LogP contribution in [0.3, 0.4) is 0 Å². The number of aromatic nitrogens is 3. The monoisotopic (exact) mass is 299 g/mol. The maximum absolute atomic E-state index is 10.7. The Balaban J connectivity index is 1.98. The second kappa shape index (κ2) is 5.90. The molecule has 0 radical (unpaired) electrons. The summed E-state index contributed by atoms with van der Waals surface area (Å²) in [7, 11) is 0. The molecule has 1 atom stereocenters. The number of furan rings is 1. The van der Waals surface area contributed by atoms with Gasteiger partial charge in [-0.25, -0.2) is 15.0 Å². The minimum absolute atomic E-state index is 0.147. The molecule has 3 aromatic rings. The molecule has 2 N–H and O–H groups in total. The Hall–Kier alpha value is -2.80. The lowest BCUT2D eigenvalue weighted by Crippen LogP contribution is -2.07. The van der Waals surface area contributed by atoms with E-state index in [1.807, 2.05) is 0 Å². The Morgan fingerprint density at radius 2 is 2.18 bits per heavy atom. The average molecular weight is 299 g/mol. The highest BCUT2D eigenvalue weighted by Crippen LogP contribution is 2.28. The molecule has 1 unspecified atom stereocenters. The minimum Gasteiger partial charge on any atom is -0.481 e. The van der Waals surface area contributed by atoms with Gasteiger partial charge in [0, 0.05) is 12.3 Å². The van der Waals surface area contributed by atoms with Crippen molar-refractivity contribution in [3.8, 4) is 0 Å². The van der Waals surface area contributed by atoms with Gasteiger partial charge in [-0.2, -0.15) is 0 Å². The van der Waals surface area contributed by atoms with Gasteiger partial charge in [-0.15, -0.1) is 0 Å². The lowest BCUT2D eigenvalue weighted by atomic mass is 10.0. The summed E-state index contributed by atoms with van der Waals surface area (Å²) in [5, 5.41) is 18.4. The van der Waals surface area contributed by atoms with Gasteiger partial charge in [0.25, 0.3) is 0 Å². The molecular formula is C15H13N3O4. The lowest BCUT2D eigenvalue weighted by Gasteiger charge is -2.09. The van der Waals surface area contributed by atoms with Crippen molar-refractivity contribution in [2.75, 3.05) is 6.61 Å². The van der Waals surface area contributed by atoms with E-state index >= 15 is 0 Å². The van der Waals surface area contributed by atoms with E-state index in [0.29, 0.717) is 28.2 Å². The third kappa shape index (κ3) is 2.79. The number of nitrogens with zero attached hydrogens (tertiary/aromatic N) is 3. The molecule has 0 aromatic carbocycles. The fourth-order valence-corrected chi connectivity index (χ4v) is 2.25. The van der Waals surface area contributed by atoms with Gasteiger partial charge in [0.1, 0.15) is 17.6 Å². The SMILES string of the molecule is O=C(O)Cc1ccc2oc(C(CO)c3ccncn3)cc2n1. The first-order chi connectivity index (χ1) is 10.7. The smallest absolute Gasteiger partial charge is 0.309 e. The van der Waals surface area contributed by atoms with Crippen molar-refractivity contribution < 1.29 is 19.4 Å². The first-order valence-corrected chi connectivity index (χ1v) is 6.65. The zero-order valence-electron chi connectivity index (χ0n) is 11.5. The highest BCUT2D eigenvalue weighted by Gasteiger charge is 2.20. The molecule has 3 rings (SSSR count). The third-order valence-corrected chi connectivity index (χ3v) is 3.27. The maximum Gasteiger partial charge on any atom is 0.309 e. The number of carboxylic acid groups (broad SMARTS) is 1. The summed E-state index contributed by atoms with van der Waals surface area (Å²) in [4.78, 5) is 23.0. The number of rotatable bonds is 5. The van der Waals surface area contributed by atoms with Crippen molar-refractivity contribution in [1.82, 2.24) is 15.0 Å². The van der Waals surface area contributed by atoms with E-state index in [1.54, 1.807) is 30.5 Å². The van der Waals surface area contributed by atoms with E-state index in [0.717, 1.165) is 0 Å². The molecule has 0 aliphatic carbocycles. The van der Waals surface area contributed by atoms with Gasteiger partial charge in [0.2, 0.25) is 0 Å². The Labute approximate surface area is 125 Å². The second-order valence-corrected chi connectivity index (χ2v) is 4.77. The van der Waals surface area contributed by atoms with Crippen LogP contribution in [0.25, 0.3) is 11.1 Å². The second-order valence-electron chi connectivity index (χ2n) is 4.77. The van der Waals surface area contributed by atoms with E-state index in [2.05, 4.69) is 15.0 Å². The number of fused-ring (bicyclic) bond motifs is 1. The van der Waals surface area contributed by atoms with Crippen LogP contribution in [-0.2, 0) is 11.2 Å². The normalized spacial score (nSPS) is 12.4. The molecule has 3 aromatic heterocycles. The number of hydrogen-bond acceptors (Lipinski definition) is 6. The first-order valence-electron chi connectivity index (χ1n) is 6.65. The van der Waals surface area contributed by atoms with Gasteiger partial charge in [-0.1, -0.05) is 0 Å². The molecule has 0 fully saturated rings. The van der Waals surface area contributed by atoms with Crippen molar-refractivity contribution in [2.24, 2.45) is 0 Å². The Morgan fingerprint density at radius 1 is 1.32 bits per heavy atom. The third-order valence-electron chi connectivity index (χ3n) is 3.27. The van der Waals surface area contributed by atoms with Crippen molar-refractivity contribution in [3.63, 3.8) is 0 Å². The Bertz CT molecular complexity index is 801. The number of hydrogen-bond donors (Lipinski definition) is 2. The van der Waals surface area contributed by atoms with Gasteiger partial charge in [-0.05, 0) is 18.2 Å². The summed E-state index contributed by atoms with van der Waals surface area (Å²) >= 11 is 0. The van der Waals surface area contributed by atoms with E-state index in [-0.39, 0.29) is 13.0 Å². The van der Waals surface area contributed by atoms with Crippen LogP contribution < -0.4 is 0 Å². The Kier molecular flexibility index (Phi) is 3.80. The molecule has 7 heteroatoms. The van der Waals surface area contributed by atoms with Crippen LogP contribution in [0.5, 0.6) is 0 Å². The van der Waals surface area contributed by atoms with Crippen LogP contribution in [0.2, 0.25) is 0 Å². The van der Waals surface area contributed by atoms with Gasteiger partial charge in [-0.3, -0.25) is 4.79 Å². The molecular weight excluding hydrogens is 286 g/mol. The predicted octanol–water partition coefficient (Wildman–Crippen LogP) is 1.37. The number of carboxylic acids is 1. The zero-order valence-corrected chi connectivity index (χ0v) is 11.5. The summed E-state index contributed by atoms with van der Waals surface area (Å²) in [5.74, 6) is -0.832. The average Bonchev–Trinajstić information content (AvgIpc) is 2.91. The van der Waals surface area contributed by atoms with E-state index in [9.17, 15) is 9.90 Å². The van der Waals surface area contributed by atoms with Gasteiger partial charge in [0.15, 0.2) is 5.58 Å². The predicted molar refractivity (Wildman–Crippen MR) is 76.3 cm³/mol. The summed E-state index contributed by atoms with van der Waals surface area (Å²) in [5.41, 5.74) is 2.19. The highest BCUT2D eigenvalue weighted by atomic mass is 16.4. The fourth-order valence-electron chi connectivity index (χ4n) is 2.25. The molecule has 0 aliphatic heterocycles. The van der Waals surface area contributed by atoms with Gasteiger partial charge in [0.05, 0.1) is 30.3 Å². The number of aliphatic hydroxyl groups excluding tert-OH is 1. The highest BCUT2D eigenvalue weighted by molar-refractivity contribution is 5.75. The van der Waals surface area contributed by atoms with Crippen LogP contribution in [0.4, 0.5) is 0 Å². The van der Waals surface area contributed by atoms with Crippen molar-refractivity contribution in [2.45, 2.75) is 12.3 Å². The molecule has 0 spiro atoms.